The Labute approximate surface area is 137 Å². The Balaban J connectivity index is 1.60. The van der Waals surface area contributed by atoms with Crippen LogP contribution in [0.2, 0.25) is 0 Å². The van der Waals surface area contributed by atoms with Gasteiger partial charge in [-0.1, -0.05) is 0 Å². The number of aromatic nitrogens is 4. The van der Waals surface area contributed by atoms with Crippen LogP contribution in [-0.2, 0) is 13.6 Å². The number of H-pyrrole nitrogens is 1. The molecule has 120 valence electrons. The number of furan rings is 1. The molecule has 0 radical (unpaired) electrons. The highest BCUT2D eigenvalue weighted by Gasteiger charge is 2.13. The van der Waals surface area contributed by atoms with E-state index in [-0.39, 0.29) is 5.91 Å². The fourth-order valence-electron chi connectivity index (χ4n) is 2.62. The van der Waals surface area contributed by atoms with Crippen molar-refractivity contribution >= 4 is 16.8 Å². The van der Waals surface area contributed by atoms with Gasteiger partial charge in [0.25, 0.3) is 5.91 Å². The number of hydrogen-bond acceptors (Lipinski definition) is 4. The van der Waals surface area contributed by atoms with E-state index in [4.69, 9.17) is 4.42 Å². The maximum absolute atomic E-state index is 12.3. The first-order chi connectivity index (χ1) is 11.7. The number of carbonyl (C=O) groups excluding carboxylic acids is 1. The summed E-state index contributed by atoms with van der Waals surface area (Å²) < 4.78 is 7.11. The molecular formula is C17H15N5O2. The van der Waals surface area contributed by atoms with Crippen molar-refractivity contribution in [1.29, 1.82) is 0 Å². The molecule has 4 aromatic rings. The van der Waals surface area contributed by atoms with Crippen LogP contribution in [0.5, 0.6) is 0 Å². The SMILES string of the molecule is Cn1cncc1-c1n[nH]c2cc(C(=O)NCc3ccco3)ccc12. The average molecular weight is 321 g/mol. The Kier molecular flexibility index (Phi) is 3.38. The van der Waals surface area contributed by atoms with Crippen molar-refractivity contribution in [2.24, 2.45) is 7.05 Å². The molecule has 0 fully saturated rings. The lowest BCUT2D eigenvalue weighted by atomic mass is 10.1. The number of rotatable bonds is 4. The maximum atomic E-state index is 12.3. The van der Waals surface area contributed by atoms with Gasteiger partial charge in [-0.25, -0.2) is 4.98 Å². The Morgan fingerprint density at radius 3 is 3.04 bits per heavy atom. The van der Waals surface area contributed by atoms with Crippen LogP contribution >= 0.6 is 0 Å². The smallest absolute Gasteiger partial charge is 0.251 e. The second kappa shape index (κ2) is 5.69. The van der Waals surface area contributed by atoms with Crippen LogP contribution < -0.4 is 5.32 Å². The monoisotopic (exact) mass is 321 g/mol. The molecule has 3 heterocycles. The lowest BCUT2D eigenvalue weighted by Gasteiger charge is -2.04. The molecule has 2 N–H and O–H groups in total. The zero-order chi connectivity index (χ0) is 16.5. The molecule has 0 saturated heterocycles. The van der Waals surface area contributed by atoms with Crippen molar-refractivity contribution < 1.29 is 9.21 Å². The molecule has 0 atom stereocenters. The first-order valence-corrected chi connectivity index (χ1v) is 7.48. The van der Waals surface area contributed by atoms with Crippen LogP contribution in [-0.4, -0.2) is 25.7 Å². The van der Waals surface area contributed by atoms with E-state index in [0.717, 1.165) is 22.3 Å². The van der Waals surface area contributed by atoms with Gasteiger partial charge in [0.2, 0.25) is 0 Å². The van der Waals surface area contributed by atoms with E-state index in [0.29, 0.717) is 17.9 Å². The normalized spacial score (nSPS) is 11.0. The van der Waals surface area contributed by atoms with Crippen molar-refractivity contribution in [3.63, 3.8) is 0 Å². The summed E-state index contributed by atoms with van der Waals surface area (Å²) >= 11 is 0. The summed E-state index contributed by atoms with van der Waals surface area (Å²) in [4.78, 5) is 16.4. The van der Waals surface area contributed by atoms with E-state index in [2.05, 4.69) is 20.5 Å². The van der Waals surface area contributed by atoms with Gasteiger partial charge in [-0.05, 0) is 30.3 Å². The number of aromatic amines is 1. The summed E-state index contributed by atoms with van der Waals surface area (Å²) in [5, 5.41) is 11.1. The highest BCUT2D eigenvalue weighted by atomic mass is 16.3. The molecule has 0 aliphatic rings. The molecule has 3 aromatic heterocycles. The minimum Gasteiger partial charge on any atom is -0.467 e. The standard InChI is InChI=1S/C17H15N5O2/c1-22-10-18-9-15(22)16-13-5-4-11(7-14(13)20-21-16)17(23)19-8-12-3-2-6-24-12/h2-7,9-10H,8H2,1H3,(H,19,23)(H,20,21). The predicted molar refractivity (Wildman–Crippen MR) is 88.2 cm³/mol. The number of benzene rings is 1. The van der Waals surface area contributed by atoms with Crippen LogP contribution in [0, 0.1) is 0 Å². The average Bonchev–Trinajstić information content (AvgIpc) is 3.32. The molecule has 0 bridgehead atoms. The van der Waals surface area contributed by atoms with Crippen LogP contribution in [0.4, 0.5) is 0 Å². The molecular weight excluding hydrogens is 306 g/mol. The number of nitrogens with zero attached hydrogens (tertiary/aromatic N) is 3. The summed E-state index contributed by atoms with van der Waals surface area (Å²) in [5.74, 6) is 0.550. The van der Waals surface area contributed by atoms with Crippen molar-refractivity contribution in [3.8, 4) is 11.4 Å². The number of fused-ring (bicyclic) bond motifs is 1. The first kappa shape index (κ1) is 14.3. The van der Waals surface area contributed by atoms with E-state index in [1.807, 2.05) is 23.7 Å². The minimum absolute atomic E-state index is 0.162. The Morgan fingerprint density at radius 2 is 2.29 bits per heavy atom. The lowest BCUT2D eigenvalue weighted by molar-refractivity contribution is 0.0948. The van der Waals surface area contributed by atoms with Gasteiger partial charge < -0.3 is 14.3 Å². The number of amides is 1. The van der Waals surface area contributed by atoms with Crippen LogP contribution in [0.3, 0.4) is 0 Å². The van der Waals surface area contributed by atoms with E-state index in [1.54, 1.807) is 37.0 Å². The molecule has 0 aliphatic carbocycles. The summed E-state index contributed by atoms with van der Waals surface area (Å²) in [7, 11) is 1.92. The fourth-order valence-corrected chi connectivity index (χ4v) is 2.62. The Bertz CT molecular complexity index is 997. The molecule has 4 rings (SSSR count). The molecule has 0 unspecified atom stereocenters. The van der Waals surface area contributed by atoms with Crippen molar-refractivity contribution in [1.82, 2.24) is 25.1 Å². The van der Waals surface area contributed by atoms with E-state index in [9.17, 15) is 4.79 Å². The molecule has 7 heteroatoms. The summed E-state index contributed by atoms with van der Waals surface area (Å²) in [6, 6.07) is 9.08. The van der Waals surface area contributed by atoms with Gasteiger partial charge in [0, 0.05) is 18.0 Å². The zero-order valence-electron chi connectivity index (χ0n) is 13.0. The van der Waals surface area contributed by atoms with Crippen LogP contribution in [0.15, 0.2) is 53.5 Å². The fraction of sp³-hybridized carbons (Fsp3) is 0.118. The second-order valence-electron chi connectivity index (χ2n) is 5.48. The van der Waals surface area contributed by atoms with Crippen LogP contribution in [0.25, 0.3) is 22.3 Å². The van der Waals surface area contributed by atoms with Crippen LogP contribution in [0.1, 0.15) is 16.1 Å². The largest absolute Gasteiger partial charge is 0.467 e. The minimum atomic E-state index is -0.162. The van der Waals surface area contributed by atoms with Gasteiger partial charge in [-0.3, -0.25) is 9.89 Å². The first-order valence-electron chi connectivity index (χ1n) is 7.48. The summed E-state index contributed by atoms with van der Waals surface area (Å²) in [6.07, 6.45) is 5.07. The third-order valence-corrected chi connectivity index (χ3v) is 3.89. The third-order valence-electron chi connectivity index (χ3n) is 3.89. The third kappa shape index (κ3) is 2.45. The predicted octanol–water partition coefficient (Wildman–Crippen LogP) is 2.49. The van der Waals surface area contributed by atoms with E-state index < -0.39 is 0 Å². The number of carbonyl (C=O) groups is 1. The topological polar surface area (TPSA) is 88.7 Å². The van der Waals surface area contributed by atoms with Gasteiger partial charge in [0.1, 0.15) is 11.5 Å². The quantitative estimate of drug-likeness (QED) is 0.604. The highest BCUT2D eigenvalue weighted by Crippen LogP contribution is 2.26. The van der Waals surface area contributed by atoms with Crippen molar-refractivity contribution in [2.45, 2.75) is 6.54 Å². The lowest BCUT2D eigenvalue weighted by Crippen LogP contribution is -2.22. The van der Waals surface area contributed by atoms with E-state index in [1.165, 1.54) is 0 Å². The number of aryl methyl sites for hydroxylation is 1. The zero-order valence-corrected chi connectivity index (χ0v) is 13.0. The molecule has 0 spiro atoms. The number of nitrogens with one attached hydrogen (secondary N) is 2. The Morgan fingerprint density at radius 1 is 1.38 bits per heavy atom. The van der Waals surface area contributed by atoms with Gasteiger partial charge in [0.15, 0.2) is 0 Å². The Hall–Kier alpha value is -3.35. The molecule has 1 aromatic carbocycles. The van der Waals surface area contributed by atoms with Crippen molar-refractivity contribution in [2.75, 3.05) is 0 Å². The molecule has 0 saturated carbocycles. The number of hydrogen-bond donors (Lipinski definition) is 2. The highest BCUT2D eigenvalue weighted by molar-refractivity contribution is 6.00. The van der Waals surface area contributed by atoms with Gasteiger partial charge in [-0.15, -0.1) is 0 Å². The van der Waals surface area contributed by atoms with Gasteiger partial charge in [-0.2, -0.15) is 5.10 Å². The van der Waals surface area contributed by atoms with Gasteiger partial charge >= 0.3 is 0 Å². The summed E-state index contributed by atoms with van der Waals surface area (Å²) in [6.45, 7) is 0.354. The van der Waals surface area contributed by atoms with E-state index >= 15 is 0 Å². The summed E-state index contributed by atoms with van der Waals surface area (Å²) in [5.41, 5.74) is 3.09. The second-order valence-corrected chi connectivity index (χ2v) is 5.48. The molecule has 24 heavy (non-hydrogen) atoms. The number of imidazole rings is 1. The molecule has 7 nitrogen and oxygen atoms in total. The van der Waals surface area contributed by atoms with Gasteiger partial charge in [0.05, 0.1) is 36.5 Å². The molecule has 1 amide bonds. The molecule has 0 aliphatic heterocycles. The maximum Gasteiger partial charge on any atom is 0.251 e. The van der Waals surface area contributed by atoms with Crippen molar-refractivity contribution in [3.05, 3.63) is 60.4 Å².